The lowest BCUT2D eigenvalue weighted by molar-refractivity contribution is -0.135. The first-order chi connectivity index (χ1) is 6.29. The molecule has 8 nitrogen and oxygen atoms in total. The van der Waals surface area contributed by atoms with E-state index in [4.69, 9.17) is 5.21 Å². The molecule has 1 aromatic rings. The summed E-state index contributed by atoms with van der Waals surface area (Å²) >= 11 is 0. The first kappa shape index (κ1) is 9.10. The Labute approximate surface area is 72.6 Å². The van der Waals surface area contributed by atoms with E-state index >= 15 is 0 Å². The number of aromatic nitrogens is 4. The van der Waals surface area contributed by atoms with Crippen molar-refractivity contribution in [3.05, 3.63) is 5.82 Å². The van der Waals surface area contributed by atoms with Gasteiger partial charge in [-0.05, 0) is 17.4 Å². The van der Waals surface area contributed by atoms with E-state index in [1.165, 1.54) is 0 Å². The third-order valence-corrected chi connectivity index (χ3v) is 1.14. The highest BCUT2D eigenvalue weighted by Gasteiger charge is 2.19. The fourth-order valence-electron chi connectivity index (χ4n) is 0.644. The number of tetrazole rings is 1. The Balaban J connectivity index is 2.82. The van der Waals surface area contributed by atoms with E-state index < -0.39 is 5.97 Å². The van der Waals surface area contributed by atoms with Gasteiger partial charge >= 0.3 is 5.97 Å². The summed E-state index contributed by atoms with van der Waals surface area (Å²) < 4.78 is 4.57. The van der Waals surface area contributed by atoms with Gasteiger partial charge in [0, 0.05) is 0 Å². The van der Waals surface area contributed by atoms with E-state index in [0.717, 1.165) is 0 Å². The van der Waals surface area contributed by atoms with Crippen LogP contribution in [-0.4, -0.2) is 44.1 Å². The van der Waals surface area contributed by atoms with E-state index in [2.05, 4.69) is 30.5 Å². The molecule has 0 radical (unpaired) electrons. The Hall–Kier alpha value is -1.99. The normalized spacial score (nSPS) is 11.3. The van der Waals surface area contributed by atoms with Crippen molar-refractivity contribution < 1.29 is 14.7 Å². The number of esters is 1. The van der Waals surface area contributed by atoms with Gasteiger partial charge in [0.1, 0.15) is 0 Å². The summed E-state index contributed by atoms with van der Waals surface area (Å²) in [5.74, 6) is -0.829. The van der Waals surface area contributed by atoms with Gasteiger partial charge in [0.15, 0.2) is 0 Å². The molecule has 0 aliphatic rings. The molecule has 2 N–H and O–H groups in total. The topological polar surface area (TPSA) is 113 Å². The molecule has 0 spiro atoms. The van der Waals surface area contributed by atoms with Crippen LogP contribution < -0.4 is 0 Å². The monoisotopic (exact) mass is 185 g/mol. The second-order valence-electron chi connectivity index (χ2n) is 1.92. The van der Waals surface area contributed by atoms with Gasteiger partial charge < -0.3 is 9.94 Å². The van der Waals surface area contributed by atoms with Crippen molar-refractivity contribution in [1.29, 1.82) is 0 Å². The predicted molar refractivity (Wildman–Crippen MR) is 39.1 cm³/mol. The summed E-state index contributed by atoms with van der Waals surface area (Å²) in [6.07, 6.45) is 0. The zero-order chi connectivity index (χ0) is 9.68. The smallest absolute Gasteiger partial charge is 0.364 e. The maximum absolute atomic E-state index is 11.0. The molecule has 8 heteroatoms. The molecule has 13 heavy (non-hydrogen) atoms. The Kier molecular flexibility index (Phi) is 2.90. The van der Waals surface area contributed by atoms with Crippen molar-refractivity contribution in [3.63, 3.8) is 0 Å². The molecule has 1 heterocycles. The number of carbonyl (C=O) groups is 1. The minimum atomic E-state index is -0.788. The number of rotatable bonds is 3. The van der Waals surface area contributed by atoms with E-state index in [1.807, 2.05) is 0 Å². The fourth-order valence-corrected chi connectivity index (χ4v) is 0.644. The lowest BCUT2D eigenvalue weighted by atomic mass is 10.4. The van der Waals surface area contributed by atoms with Crippen LogP contribution in [0.2, 0.25) is 0 Å². The Bertz CT molecular complexity index is 306. The lowest BCUT2D eigenvalue weighted by Gasteiger charge is -1.98. The molecule has 0 saturated heterocycles. The van der Waals surface area contributed by atoms with E-state index in [-0.39, 0.29) is 18.1 Å². The van der Waals surface area contributed by atoms with E-state index in [9.17, 15) is 4.79 Å². The molecular formula is C5H7N5O3. The number of hydrogen-bond acceptors (Lipinski definition) is 7. The number of oxime groups is 1. The molecule has 0 aliphatic carbocycles. The molecule has 0 aromatic carbocycles. The molecule has 0 fully saturated rings. The average Bonchev–Trinajstić information content (AvgIpc) is 2.59. The summed E-state index contributed by atoms with van der Waals surface area (Å²) in [6.45, 7) is 1.81. The SMILES string of the molecule is CCOC(=O)/C(=N/O)c1nnn[nH]1. The summed E-state index contributed by atoms with van der Waals surface area (Å²) in [4.78, 5) is 11.0. The van der Waals surface area contributed by atoms with Crippen LogP contribution in [0, 0.1) is 0 Å². The minimum absolute atomic E-state index is 0.0408. The average molecular weight is 185 g/mol. The summed E-state index contributed by atoms with van der Waals surface area (Å²) in [6, 6.07) is 0. The number of H-pyrrole nitrogens is 1. The third kappa shape index (κ3) is 1.98. The van der Waals surface area contributed by atoms with Crippen LogP contribution in [0.5, 0.6) is 0 Å². The maximum atomic E-state index is 11.0. The zero-order valence-electron chi connectivity index (χ0n) is 6.76. The highest BCUT2D eigenvalue weighted by molar-refractivity contribution is 6.41. The Morgan fingerprint density at radius 2 is 2.54 bits per heavy atom. The number of nitrogens with zero attached hydrogens (tertiary/aromatic N) is 4. The number of hydrogen-bond donors (Lipinski definition) is 2. The second-order valence-corrected chi connectivity index (χ2v) is 1.92. The highest BCUT2D eigenvalue weighted by atomic mass is 16.5. The second kappa shape index (κ2) is 4.14. The molecule has 1 rings (SSSR count). The third-order valence-electron chi connectivity index (χ3n) is 1.14. The minimum Gasteiger partial charge on any atom is -0.461 e. The summed E-state index contributed by atoms with van der Waals surface area (Å²) in [7, 11) is 0. The predicted octanol–water partition coefficient (Wildman–Crippen LogP) is -1.06. The van der Waals surface area contributed by atoms with Gasteiger partial charge in [-0.25, -0.2) is 9.89 Å². The number of nitrogens with one attached hydrogen (secondary N) is 1. The van der Waals surface area contributed by atoms with Gasteiger partial charge in [0.05, 0.1) is 6.61 Å². The number of aromatic amines is 1. The first-order valence-corrected chi connectivity index (χ1v) is 3.42. The summed E-state index contributed by atoms with van der Waals surface area (Å²) in [5.41, 5.74) is -0.355. The van der Waals surface area contributed by atoms with Crippen LogP contribution >= 0.6 is 0 Å². The van der Waals surface area contributed by atoms with Gasteiger partial charge in [0.2, 0.25) is 11.5 Å². The molecule has 0 amide bonds. The van der Waals surface area contributed by atoms with Gasteiger partial charge in [-0.2, -0.15) is 0 Å². The highest BCUT2D eigenvalue weighted by Crippen LogP contribution is 1.92. The number of carbonyl (C=O) groups excluding carboxylic acids is 1. The van der Waals surface area contributed by atoms with Crippen LogP contribution in [0.4, 0.5) is 0 Å². The van der Waals surface area contributed by atoms with Crippen LogP contribution in [0.15, 0.2) is 5.16 Å². The molecule has 70 valence electrons. The van der Waals surface area contributed by atoms with Gasteiger partial charge in [-0.15, -0.1) is 5.10 Å². The molecule has 0 aliphatic heterocycles. The van der Waals surface area contributed by atoms with E-state index in [1.54, 1.807) is 6.92 Å². The number of ether oxygens (including phenoxy) is 1. The molecule has 0 unspecified atom stereocenters. The molecule has 0 bridgehead atoms. The maximum Gasteiger partial charge on any atom is 0.364 e. The van der Waals surface area contributed by atoms with Crippen molar-refractivity contribution >= 4 is 11.7 Å². The lowest BCUT2D eigenvalue weighted by Crippen LogP contribution is -2.20. The fraction of sp³-hybridized carbons (Fsp3) is 0.400. The Morgan fingerprint density at radius 1 is 1.77 bits per heavy atom. The molecule has 0 saturated carbocycles. The van der Waals surface area contributed by atoms with Crippen molar-refractivity contribution in [2.45, 2.75) is 6.92 Å². The first-order valence-electron chi connectivity index (χ1n) is 3.42. The van der Waals surface area contributed by atoms with Crippen LogP contribution in [0.3, 0.4) is 0 Å². The molecule has 1 aromatic heterocycles. The largest absolute Gasteiger partial charge is 0.461 e. The summed E-state index contributed by atoms with van der Waals surface area (Å²) in [5, 5.41) is 23.3. The van der Waals surface area contributed by atoms with Gasteiger partial charge in [-0.3, -0.25) is 0 Å². The molecular weight excluding hydrogens is 178 g/mol. The van der Waals surface area contributed by atoms with Gasteiger partial charge in [-0.1, -0.05) is 5.16 Å². The van der Waals surface area contributed by atoms with Crippen molar-refractivity contribution in [1.82, 2.24) is 20.6 Å². The quantitative estimate of drug-likeness (QED) is 0.268. The Morgan fingerprint density at radius 3 is 3.00 bits per heavy atom. The zero-order valence-corrected chi connectivity index (χ0v) is 6.76. The van der Waals surface area contributed by atoms with E-state index in [0.29, 0.717) is 0 Å². The molecule has 0 atom stereocenters. The standard InChI is InChI=1S/C5H7N5O3/c1-2-13-5(11)3(8-12)4-6-9-10-7-4/h12H,2H2,1H3,(H,6,7,9,10)/b8-3+. The van der Waals surface area contributed by atoms with Crippen molar-refractivity contribution in [3.8, 4) is 0 Å². The van der Waals surface area contributed by atoms with Crippen LogP contribution in [-0.2, 0) is 9.53 Å². The van der Waals surface area contributed by atoms with Gasteiger partial charge in [0.25, 0.3) is 0 Å². The van der Waals surface area contributed by atoms with Crippen molar-refractivity contribution in [2.75, 3.05) is 6.61 Å². The van der Waals surface area contributed by atoms with Crippen LogP contribution in [0.25, 0.3) is 0 Å². The van der Waals surface area contributed by atoms with Crippen molar-refractivity contribution in [2.24, 2.45) is 5.16 Å². The van der Waals surface area contributed by atoms with Crippen LogP contribution in [0.1, 0.15) is 12.7 Å².